The van der Waals surface area contributed by atoms with Gasteiger partial charge in [-0.1, -0.05) is 12.1 Å². The molecule has 0 bridgehead atoms. The SMILES string of the molecule is COc1ccc(CCNC[C@H](O)COc2ccc(O)cc2)cc1. The van der Waals surface area contributed by atoms with Gasteiger partial charge in [-0.2, -0.15) is 0 Å². The number of aliphatic hydroxyl groups excluding tert-OH is 1. The van der Waals surface area contributed by atoms with Crippen molar-refractivity contribution >= 4 is 0 Å². The highest BCUT2D eigenvalue weighted by Gasteiger charge is 2.05. The summed E-state index contributed by atoms with van der Waals surface area (Å²) >= 11 is 0. The zero-order valence-corrected chi connectivity index (χ0v) is 13.2. The van der Waals surface area contributed by atoms with Crippen LogP contribution in [0.15, 0.2) is 48.5 Å². The number of phenolic OH excluding ortho intramolecular Hbond substituents is 1. The number of rotatable bonds is 9. The van der Waals surface area contributed by atoms with E-state index in [1.165, 1.54) is 5.56 Å². The Morgan fingerprint density at radius 2 is 1.65 bits per heavy atom. The van der Waals surface area contributed by atoms with E-state index in [-0.39, 0.29) is 12.4 Å². The average molecular weight is 317 g/mol. The Balaban J connectivity index is 1.60. The van der Waals surface area contributed by atoms with E-state index in [1.54, 1.807) is 31.4 Å². The molecule has 0 aromatic heterocycles. The van der Waals surface area contributed by atoms with Gasteiger partial charge in [0.15, 0.2) is 0 Å². The molecule has 0 fully saturated rings. The summed E-state index contributed by atoms with van der Waals surface area (Å²) < 4.78 is 10.6. The predicted octanol–water partition coefficient (Wildman–Crippen LogP) is 1.97. The second-order valence-electron chi connectivity index (χ2n) is 5.26. The molecule has 0 saturated carbocycles. The summed E-state index contributed by atoms with van der Waals surface area (Å²) in [6.45, 7) is 1.46. The highest BCUT2D eigenvalue weighted by Crippen LogP contribution is 2.16. The number of hydrogen-bond acceptors (Lipinski definition) is 5. The highest BCUT2D eigenvalue weighted by atomic mass is 16.5. The van der Waals surface area contributed by atoms with Crippen molar-refractivity contribution in [2.45, 2.75) is 12.5 Å². The number of aromatic hydroxyl groups is 1. The Hall–Kier alpha value is -2.24. The zero-order valence-electron chi connectivity index (χ0n) is 13.2. The second-order valence-corrected chi connectivity index (χ2v) is 5.26. The third-order valence-electron chi connectivity index (χ3n) is 3.41. The lowest BCUT2D eigenvalue weighted by atomic mass is 10.1. The van der Waals surface area contributed by atoms with Gasteiger partial charge in [0.2, 0.25) is 0 Å². The van der Waals surface area contributed by atoms with Crippen LogP contribution in [0.2, 0.25) is 0 Å². The summed E-state index contributed by atoms with van der Waals surface area (Å²) in [6.07, 6.45) is 0.301. The molecule has 2 aromatic rings. The van der Waals surface area contributed by atoms with E-state index in [0.717, 1.165) is 18.7 Å². The number of nitrogens with one attached hydrogen (secondary N) is 1. The van der Waals surface area contributed by atoms with Gasteiger partial charge in [-0.15, -0.1) is 0 Å². The minimum absolute atomic E-state index is 0.193. The van der Waals surface area contributed by atoms with Crippen LogP contribution in [0.5, 0.6) is 17.2 Å². The van der Waals surface area contributed by atoms with Crippen molar-refractivity contribution in [1.29, 1.82) is 0 Å². The first-order valence-corrected chi connectivity index (χ1v) is 7.61. The summed E-state index contributed by atoms with van der Waals surface area (Å²) in [5, 5.41) is 22.3. The van der Waals surface area contributed by atoms with Gasteiger partial charge in [0.1, 0.15) is 30.0 Å². The van der Waals surface area contributed by atoms with Gasteiger partial charge in [0.25, 0.3) is 0 Å². The number of aliphatic hydroxyl groups is 1. The van der Waals surface area contributed by atoms with Crippen LogP contribution in [0, 0.1) is 0 Å². The van der Waals surface area contributed by atoms with E-state index >= 15 is 0 Å². The van der Waals surface area contributed by atoms with Crippen LogP contribution in [0.1, 0.15) is 5.56 Å². The van der Waals surface area contributed by atoms with Crippen molar-refractivity contribution in [3.05, 3.63) is 54.1 Å². The fourth-order valence-electron chi connectivity index (χ4n) is 2.09. The van der Waals surface area contributed by atoms with Gasteiger partial charge in [-0.05, 0) is 54.9 Å². The lowest BCUT2D eigenvalue weighted by Gasteiger charge is -2.13. The number of hydrogen-bond donors (Lipinski definition) is 3. The monoisotopic (exact) mass is 317 g/mol. The van der Waals surface area contributed by atoms with E-state index in [1.807, 2.05) is 24.3 Å². The van der Waals surface area contributed by atoms with Gasteiger partial charge in [-0.3, -0.25) is 0 Å². The van der Waals surface area contributed by atoms with Gasteiger partial charge in [0, 0.05) is 6.54 Å². The predicted molar refractivity (Wildman–Crippen MR) is 89.2 cm³/mol. The molecule has 124 valence electrons. The molecular formula is C18H23NO4. The third-order valence-corrected chi connectivity index (χ3v) is 3.41. The maximum atomic E-state index is 9.88. The number of methoxy groups -OCH3 is 1. The van der Waals surface area contributed by atoms with Crippen molar-refractivity contribution in [3.8, 4) is 17.2 Å². The standard InChI is InChI=1S/C18H23NO4/c1-22-17-6-2-14(3-7-17)10-11-19-12-16(21)13-23-18-8-4-15(20)5-9-18/h2-9,16,19-21H,10-13H2,1H3/t16-/m0/s1. The minimum Gasteiger partial charge on any atom is -0.508 e. The van der Waals surface area contributed by atoms with E-state index in [0.29, 0.717) is 12.3 Å². The first kappa shape index (κ1) is 17.1. The molecule has 5 heteroatoms. The van der Waals surface area contributed by atoms with Gasteiger partial charge in [-0.25, -0.2) is 0 Å². The van der Waals surface area contributed by atoms with E-state index in [2.05, 4.69) is 5.32 Å². The molecular weight excluding hydrogens is 294 g/mol. The molecule has 5 nitrogen and oxygen atoms in total. The highest BCUT2D eigenvalue weighted by molar-refractivity contribution is 5.30. The molecule has 0 aliphatic rings. The number of benzene rings is 2. The fraction of sp³-hybridized carbons (Fsp3) is 0.333. The number of phenols is 1. The Morgan fingerprint density at radius 1 is 1.00 bits per heavy atom. The quantitative estimate of drug-likeness (QED) is 0.617. The third kappa shape index (κ3) is 6.18. The number of ether oxygens (including phenoxy) is 2. The minimum atomic E-state index is -0.584. The maximum absolute atomic E-state index is 9.88. The molecule has 0 unspecified atom stereocenters. The molecule has 0 radical (unpaired) electrons. The summed E-state index contributed by atoms with van der Waals surface area (Å²) in [7, 11) is 1.65. The molecule has 0 aliphatic heterocycles. The van der Waals surface area contributed by atoms with Gasteiger partial charge < -0.3 is 25.0 Å². The molecule has 2 rings (SSSR count). The van der Waals surface area contributed by atoms with Crippen LogP contribution < -0.4 is 14.8 Å². The van der Waals surface area contributed by atoms with E-state index in [4.69, 9.17) is 9.47 Å². The van der Waals surface area contributed by atoms with Crippen LogP contribution in [0.25, 0.3) is 0 Å². The summed E-state index contributed by atoms with van der Waals surface area (Å²) in [4.78, 5) is 0. The van der Waals surface area contributed by atoms with Crippen LogP contribution in [-0.4, -0.2) is 43.1 Å². The van der Waals surface area contributed by atoms with Crippen molar-refractivity contribution in [2.75, 3.05) is 26.8 Å². The van der Waals surface area contributed by atoms with Crippen LogP contribution in [0.3, 0.4) is 0 Å². The Bertz CT molecular complexity index is 569. The lowest BCUT2D eigenvalue weighted by Crippen LogP contribution is -2.32. The van der Waals surface area contributed by atoms with Gasteiger partial charge in [0.05, 0.1) is 7.11 Å². The van der Waals surface area contributed by atoms with Gasteiger partial charge >= 0.3 is 0 Å². The van der Waals surface area contributed by atoms with E-state index in [9.17, 15) is 10.2 Å². The molecule has 1 atom stereocenters. The fourth-order valence-corrected chi connectivity index (χ4v) is 2.09. The van der Waals surface area contributed by atoms with Crippen molar-refractivity contribution in [3.63, 3.8) is 0 Å². The lowest BCUT2D eigenvalue weighted by molar-refractivity contribution is 0.106. The average Bonchev–Trinajstić information content (AvgIpc) is 2.59. The Kier molecular flexibility index (Phi) is 6.72. The van der Waals surface area contributed by atoms with Crippen LogP contribution in [0.4, 0.5) is 0 Å². The van der Waals surface area contributed by atoms with E-state index < -0.39 is 6.10 Å². The molecule has 3 N–H and O–H groups in total. The first-order valence-electron chi connectivity index (χ1n) is 7.61. The molecule has 0 saturated heterocycles. The van der Waals surface area contributed by atoms with Crippen molar-refractivity contribution in [2.24, 2.45) is 0 Å². The van der Waals surface area contributed by atoms with Crippen molar-refractivity contribution < 1.29 is 19.7 Å². The summed E-state index contributed by atoms with van der Waals surface area (Å²) in [5.41, 5.74) is 1.22. The Morgan fingerprint density at radius 3 is 2.30 bits per heavy atom. The largest absolute Gasteiger partial charge is 0.508 e. The normalized spacial score (nSPS) is 11.9. The summed E-state index contributed by atoms with van der Waals surface area (Å²) in [6, 6.07) is 14.4. The molecule has 0 spiro atoms. The first-order chi connectivity index (χ1) is 11.2. The molecule has 0 heterocycles. The van der Waals surface area contributed by atoms with Crippen molar-refractivity contribution in [1.82, 2.24) is 5.32 Å². The Labute approximate surface area is 136 Å². The summed E-state index contributed by atoms with van der Waals surface area (Å²) in [5.74, 6) is 1.67. The smallest absolute Gasteiger partial charge is 0.119 e. The second kappa shape index (κ2) is 9.02. The zero-order chi connectivity index (χ0) is 16.5. The molecule has 0 aliphatic carbocycles. The molecule has 2 aromatic carbocycles. The maximum Gasteiger partial charge on any atom is 0.119 e. The molecule has 23 heavy (non-hydrogen) atoms. The van der Waals surface area contributed by atoms with Crippen LogP contribution >= 0.6 is 0 Å². The molecule has 0 amide bonds. The topological polar surface area (TPSA) is 71.0 Å². The van der Waals surface area contributed by atoms with Crippen LogP contribution in [-0.2, 0) is 6.42 Å².